The van der Waals surface area contributed by atoms with E-state index in [4.69, 9.17) is 4.99 Å². The van der Waals surface area contributed by atoms with Gasteiger partial charge in [0.2, 0.25) is 0 Å². The van der Waals surface area contributed by atoms with Crippen LogP contribution in [0.3, 0.4) is 0 Å². The zero-order chi connectivity index (χ0) is 20.5. The second-order valence-corrected chi connectivity index (χ2v) is 9.50. The second kappa shape index (κ2) is 8.36. The van der Waals surface area contributed by atoms with Gasteiger partial charge in [-0.1, -0.05) is 35.9 Å². The van der Waals surface area contributed by atoms with E-state index in [9.17, 15) is 4.39 Å². The van der Waals surface area contributed by atoms with Crippen LogP contribution in [-0.2, 0) is 0 Å². The van der Waals surface area contributed by atoms with Crippen LogP contribution >= 0.6 is 11.3 Å². The SMILES string of the molecule is Cc1cc2c(s1)Nc1ccccc1N=C2N1CCN[C@@H](CCC2=CC=CC(F)C2)C1. The highest BCUT2D eigenvalue weighted by Gasteiger charge is 2.27. The number of thiophene rings is 1. The molecule has 0 bridgehead atoms. The predicted octanol–water partition coefficient (Wildman–Crippen LogP) is 5.47. The summed E-state index contributed by atoms with van der Waals surface area (Å²) in [6.45, 7) is 4.93. The molecule has 2 atom stereocenters. The zero-order valence-electron chi connectivity index (χ0n) is 17.2. The minimum absolute atomic E-state index is 0.376. The number of aliphatic imine (C=N–C) groups is 1. The van der Waals surface area contributed by atoms with Crippen LogP contribution in [0.5, 0.6) is 0 Å². The molecule has 0 radical (unpaired) electrons. The Labute approximate surface area is 181 Å². The van der Waals surface area contributed by atoms with Gasteiger partial charge in [-0.2, -0.15) is 0 Å². The smallest absolute Gasteiger partial charge is 0.139 e. The largest absolute Gasteiger partial charge is 0.353 e. The van der Waals surface area contributed by atoms with Gasteiger partial charge in [0.15, 0.2) is 0 Å². The van der Waals surface area contributed by atoms with Crippen molar-refractivity contribution >= 4 is 33.5 Å². The molecule has 0 amide bonds. The monoisotopic (exact) mass is 422 g/mol. The molecule has 1 fully saturated rings. The molecule has 3 heterocycles. The Bertz CT molecular complexity index is 1020. The summed E-state index contributed by atoms with van der Waals surface area (Å²) in [5, 5.41) is 8.41. The summed E-state index contributed by atoms with van der Waals surface area (Å²) < 4.78 is 13.6. The Hall–Kier alpha value is -2.44. The molecule has 0 spiro atoms. The number of piperazine rings is 1. The van der Waals surface area contributed by atoms with Crippen LogP contribution in [0.2, 0.25) is 0 Å². The van der Waals surface area contributed by atoms with E-state index >= 15 is 0 Å². The highest BCUT2D eigenvalue weighted by molar-refractivity contribution is 7.16. The first-order valence-electron chi connectivity index (χ1n) is 10.7. The number of benzene rings is 1. The first-order valence-corrected chi connectivity index (χ1v) is 11.5. The summed E-state index contributed by atoms with van der Waals surface area (Å²) in [7, 11) is 0. The fourth-order valence-corrected chi connectivity index (χ4v) is 5.36. The van der Waals surface area contributed by atoms with E-state index in [0.29, 0.717) is 12.5 Å². The molecule has 2 aliphatic heterocycles. The molecule has 6 heteroatoms. The quantitative estimate of drug-likeness (QED) is 0.689. The number of allylic oxidation sites excluding steroid dienone is 4. The normalized spacial score (nSPS) is 23.1. The Balaban J connectivity index is 1.36. The molecule has 30 heavy (non-hydrogen) atoms. The van der Waals surface area contributed by atoms with Crippen molar-refractivity contribution in [3.63, 3.8) is 0 Å². The van der Waals surface area contributed by atoms with E-state index in [0.717, 1.165) is 49.7 Å². The maximum absolute atomic E-state index is 13.6. The lowest BCUT2D eigenvalue weighted by Gasteiger charge is -2.36. The van der Waals surface area contributed by atoms with Crippen LogP contribution in [0, 0.1) is 6.92 Å². The second-order valence-electron chi connectivity index (χ2n) is 8.24. The fraction of sp³-hybridized carbons (Fsp3) is 0.375. The molecule has 1 aliphatic carbocycles. The van der Waals surface area contributed by atoms with Gasteiger partial charge < -0.3 is 15.5 Å². The van der Waals surface area contributed by atoms with Crippen LogP contribution in [0.1, 0.15) is 29.7 Å². The summed E-state index contributed by atoms with van der Waals surface area (Å²) >= 11 is 1.78. The van der Waals surface area contributed by atoms with E-state index in [1.807, 2.05) is 18.2 Å². The number of alkyl halides is 1. The van der Waals surface area contributed by atoms with Crippen LogP contribution in [0.4, 0.5) is 20.8 Å². The Morgan fingerprint density at radius 2 is 2.20 bits per heavy atom. The average molecular weight is 423 g/mol. The summed E-state index contributed by atoms with van der Waals surface area (Å²) in [6.07, 6.45) is 7.25. The summed E-state index contributed by atoms with van der Waals surface area (Å²) in [5.41, 5.74) is 4.44. The van der Waals surface area contributed by atoms with Gasteiger partial charge in [0, 0.05) is 37.0 Å². The summed E-state index contributed by atoms with van der Waals surface area (Å²) in [4.78, 5) is 8.80. The highest BCUT2D eigenvalue weighted by Crippen LogP contribution is 2.39. The molecule has 1 unspecified atom stereocenters. The number of halogens is 1. The minimum Gasteiger partial charge on any atom is -0.353 e. The Morgan fingerprint density at radius 1 is 1.30 bits per heavy atom. The topological polar surface area (TPSA) is 39.7 Å². The van der Waals surface area contributed by atoms with Gasteiger partial charge in [-0.25, -0.2) is 9.38 Å². The fourth-order valence-electron chi connectivity index (χ4n) is 4.44. The van der Waals surface area contributed by atoms with Crippen molar-refractivity contribution in [3.05, 3.63) is 64.6 Å². The number of aryl methyl sites for hydroxylation is 1. The number of hydrogen-bond donors (Lipinski definition) is 2. The van der Waals surface area contributed by atoms with E-state index in [1.54, 1.807) is 17.4 Å². The number of fused-ring (bicyclic) bond motifs is 2. The van der Waals surface area contributed by atoms with Gasteiger partial charge >= 0.3 is 0 Å². The highest BCUT2D eigenvalue weighted by atomic mass is 32.1. The van der Waals surface area contributed by atoms with Gasteiger partial charge in [0.25, 0.3) is 0 Å². The van der Waals surface area contributed by atoms with Crippen molar-refractivity contribution in [2.45, 2.75) is 38.4 Å². The standard InChI is InChI=1S/C24H27FN4S/c1-16-13-20-23(27-21-7-2-3-8-22(21)28-24(20)30-16)29-12-11-26-19(15-29)10-9-17-5-4-6-18(25)14-17/h2-8,13,18-19,26,28H,9-12,14-15H2,1H3/t18?,19-/m0/s1. The minimum atomic E-state index is -0.825. The number of rotatable bonds is 3. The number of para-hydroxylation sites is 2. The van der Waals surface area contributed by atoms with Crippen molar-refractivity contribution in [3.8, 4) is 0 Å². The van der Waals surface area contributed by atoms with Gasteiger partial charge in [0.05, 0.1) is 16.9 Å². The Kier molecular flexibility index (Phi) is 5.44. The van der Waals surface area contributed by atoms with Crippen LogP contribution in [0.15, 0.2) is 59.1 Å². The lowest BCUT2D eigenvalue weighted by atomic mass is 9.96. The third kappa shape index (κ3) is 4.07. The van der Waals surface area contributed by atoms with E-state index < -0.39 is 6.17 Å². The van der Waals surface area contributed by atoms with Crippen LogP contribution < -0.4 is 10.6 Å². The summed E-state index contributed by atoms with van der Waals surface area (Å²) in [6, 6.07) is 10.9. The molecule has 0 saturated carbocycles. The number of nitrogens with zero attached hydrogens (tertiary/aromatic N) is 2. The van der Waals surface area contributed by atoms with Crippen molar-refractivity contribution in [2.24, 2.45) is 4.99 Å². The first-order chi connectivity index (χ1) is 14.7. The molecule has 1 aromatic carbocycles. The molecule has 156 valence electrons. The molecule has 1 aromatic heterocycles. The maximum atomic E-state index is 13.6. The average Bonchev–Trinajstić information content (AvgIpc) is 3.04. The number of anilines is 2. The van der Waals surface area contributed by atoms with Crippen molar-refractivity contribution < 1.29 is 4.39 Å². The van der Waals surface area contributed by atoms with Gasteiger partial charge in [-0.15, -0.1) is 11.3 Å². The predicted molar refractivity (Wildman–Crippen MR) is 124 cm³/mol. The molecule has 2 aromatic rings. The molecular weight excluding hydrogens is 395 g/mol. The first kappa shape index (κ1) is 19.5. The molecule has 4 nitrogen and oxygen atoms in total. The van der Waals surface area contributed by atoms with Gasteiger partial charge in [0.1, 0.15) is 17.0 Å². The van der Waals surface area contributed by atoms with Crippen molar-refractivity contribution in [2.75, 3.05) is 25.0 Å². The number of amidine groups is 1. The number of nitrogens with one attached hydrogen (secondary N) is 2. The third-order valence-electron chi connectivity index (χ3n) is 5.95. The van der Waals surface area contributed by atoms with Crippen molar-refractivity contribution in [1.29, 1.82) is 0 Å². The number of hydrogen-bond acceptors (Lipinski definition) is 5. The molecule has 1 saturated heterocycles. The molecule has 2 N–H and O–H groups in total. The van der Waals surface area contributed by atoms with Gasteiger partial charge in [-0.3, -0.25) is 0 Å². The van der Waals surface area contributed by atoms with E-state index in [2.05, 4.69) is 46.7 Å². The molecule has 3 aliphatic rings. The lowest BCUT2D eigenvalue weighted by molar-refractivity contribution is 0.280. The molecule has 5 rings (SSSR count). The lowest BCUT2D eigenvalue weighted by Crippen LogP contribution is -2.52. The maximum Gasteiger partial charge on any atom is 0.139 e. The Morgan fingerprint density at radius 3 is 3.10 bits per heavy atom. The molecular formula is C24H27FN4S. The van der Waals surface area contributed by atoms with Crippen LogP contribution in [-0.4, -0.2) is 42.6 Å². The van der Waals surface area contributed by atoms with Crippen LogP contribution in [0.25, 0.3) is 0 Å². The zero-order valence-corrected chi connectivity index (χ0v) is 18.0. The summed E-state index contributed by atoms with van der Waals surface area (Å²) in [5.74, 6) is 1.06. The third-order valence-corrected chi connectivity index (χ3v) is 6.92. The van der Waals surface area contributed by atoms with Crippen molar-refractivity contribution in [1.82, 2.24) is 10.2 Å². The van der Waals surface area contributed by atoms with E-state index in [1.165, 1.54) is 21.0 Å². The van der Waals surface area contributed by atoms with E-state index in [-0.39, 0.29) is 0 Å². The van der Waals surface area contributed by atoms with Gasteiger partial charge in [-0.05, 0) is 38.0 Å².